The van der Waals surface area contributed by atoms with Crippen LogP contribution in [-0.2, 0) is 21.2 Å². The molecule has 1 amide bonds. The maximum Gasteiger partial charge on any atom is 0.246 e. The fourth-order valence-electron chi connectivity index (χ4n) is 2.67. The Morgan fingerprint density at radius 2 is 2.00 bits per heavy atom. The summed E-state index contributed by atoms with van der Waals surface area (Å²) in [6, 6.07) is 7.55. The van der Waals surface area contributed by atoms with Gasteiger partial charge in [-0.05, 0) is 31.9 Å². The number of para-hydroxylation sites is 1. The van der Waals surface area contributed by atoms with Crippen LogP contribution >= 0.6 is 0 Å². The number of carbonyl (C=O) groups is 1. The highest BCUT2D eigenvalue weighted by Crippen LogP contribution is 2.20. The van der Waals surface area contributed by atoms with Gasteiger partial charge in [-0.15, -0.1) is 0 Å². The van der Waals surface area contributed by atoms with E-state index in [0.29, 0.717) is 24.4 Å². The van der Waals surface area contributed by atoms with Crippen molar-refractivity contribution >= 4 is 15.9 Å². The molecule has 1 aromatic carbocycles. The molecule has 0 fully saturated rings. The van der Waals surface area contributed by atoms with Gasteiger partial charge < -0.3 is 10.1 Å². The fraction of sp³-hybridized carbons (Fsp3) is 0.412. The minimum atomic E-state index is -3.78. The Morgan fingerprint density at radius 3 is 2.62 bits per heavy atom. The van der Waals surface area contributed by atoms with Crippen LogP contribution in [0.1, 0.15) is 17.0 Å². The third-order valence-corrected chi connectivity index (χ3v) is 6.07. The summed E-state index contributed by atoms with van der Waals surface area (Å²) in [6.07, 6.45) is 0.589. The van der Waals surface area contributed by atoms with E-state index in [-0.39, 0.29) is 17.3 Å². The fourth-order valence-corrected chi connectivity index (χ4v) is 4.12. The number of amides is 1. The van der Waals surface area contributed by atoms with E-state index in [1.54, 1.807) is 21.0 Å². The number of H-pyrrole nitrogens is 1. The topological polar surface area (TPSA) is 104 Å². The normalized spacial score (nSPS) is 11.6. The van der Waals surface area contributed by atoms with Crippen molar-refractivity contribution in [2.24, 2.45) is 0 Å². The van der Waals surface area contributed by atoms with Crippen LogP contribution in [0.25, 0.3) is 0 Å². The largest absolute Gasteiger partial charge is 0.496 e. The van der Waals surface area contributed by atoms with E-state index in [1.165, 1.54) is 7.05 Å². The third kappa shape index (κ3) is 4.41. The van der Waals surface area contributed by atoms with Gasteiger partial charge in [-0.2, -0.15) is 9.40 Å². The molecule has 0 saturated carbocycles. The molecule has 1 heterocycles. The van der Waals surface area contributed by atoms with E-state index >= 15 is 0 Å². The molecule has 142 valence electrons. The molecular weight excluding hydrogens is 356 g/mol. The second kappa shape index (κ2) is 8.33. The number of rotatable bonds is 8. The summed E-state index contributed by atoms with van der Waals surface area (Å²) in [7, 11) is -0.811. The SMILES string of the molecule is COc1ccccc1CCNC(=O)CN(C)S(=O)(=O)c1c(C)n[nH]c1C. The van der Waals surface area contributed by atoms with Crippen LogP contribution in [0.15, 0.2) is 29.2 Å². The van der Waals surface area contributed by atoms with Crippen LogP contribution in [0.2, 0.25) is 0 Å². The van der Waals surface area contributed by atoms with Gasteiger partial charge in [0.25, 0.3) is 0 Å². The van der Waals surface area contributed by atoms with E-state index in [2.05, 4.69) is 15.5 Å². The third-order valence-electron chi connectivity index (χ3n) is 4.00. The van der Waals surface area contributed by atoms with Crippen molar-refractivity contribution in [1.29, 1.82) is 0 Å². The van der Waals surface area contributed by atoms with Crippen molar-refractivity contribution < 1.29 is 17.9 Å². The number of sulfonamides is 1. The van der Waals surface area contributed by atoms with E-state index in [1.807, 2.05) is 24.3 Å². The van der Waals surface area contributed by atoms with Gasteiger partial charge in [-0.1, -0.05) is 18.2 Å². The number of likely N-dealkylation sites (N-methyl/N-ethyl adjacent to an activating group) is 1. The van der Waals surface area contributed by atoms with E-state index in [9.17, 15) is 13.2 Å². The summed E-state index contributed by atoms with van der Waals surface area (Å²) in [6.45, 7) is 3.36. The van der Waals surface area contributed by atoms with E-state index < -0.39 is 10.0 Å². The minimum absolute atomic E-state index is 0.113. The van der Waals surface area contributed by atoms with Crippen molar-refractivity contribution in [2.75, 3.05) is 27.2 Å². The zero-order valence-corrected chi connectivity index (χ0v) is 16.2. The number of aromatic nitrogens is 2. The number of aromatic amines is 1. The molecule has 0 radical (unpaired) electrons. The van der Waals surface area contributed by atoms with Gasteiger partial charge in [-0.3, -0.25) is 9.89 Å². The Kier molecular flexibility index (Phi) is 6.38. The number of aryl methyl sites for hydroxylation is 2. The van der Waals surface area contributed by atoms with Gasteiger partial charge in [0, 0.05) is 13.6 Å². The van der Waals surface area contributed by atoms with Crippen LogP contribution in [-0.4, -0.2) is 56.1 Å². The smallest absolute Gasteiger partial charge is 0.246 e. The molecular formula is C17H24N4O4S. The monoisotopic (exact) mass is 380 g/mol. The van der Waals surface area contributed by atoms with Crippen LogP contribution in [0, 0.1) is 13.8 Å². The quantitative estimate of drug-likeness (QED) is 0.711. The summed E-state index contributed by atoms with van der Waals surface area (Å²) in [4.78, 5) is 12.2. The van der Waals surface area contributed by atoms with Crippen molar-refractivity contribution in [3.05, 3.63) is 41.2 Å². The van der Waals surface area contributed by atoms with Crippen LogP contribution in [0.5, 0.6) is 5.75 Å². The number of ether oxygens (including phenoxy) is 1. The molecule has 8 nitrogen and oxygen atoms in total. The molecule has 0 saturated heterocycles. The number of methoxy groups -OCH3 is 1. The average Bonchev–Trinajstić information content (AvgIpc) is 2.94. The van der Waals surface area contributed by atoms with Crippen LogP contribution in [0.4, 0.5) is 0 Å². The zero-order chi connectivity index (χ0) is 19.3. The highest BCUT2D eigenvalue weighted by Gasteiger charge is 2.28. The highest BCUT2D eigenvalue weighted by molar-refractivity contribution is 7.89. The Hall–Kier alpha value is -2.39. The number of nitrogens with one attached hydrogen (secondary N) is 2. The number of hydrogen-bond acceptors (Lipinski definition) is 5. The molecule has 0 atom stereocenters. The molecule has 0 aliphatic carbocycles. The van der Waals surface area contributed by atoms with Crippen molar-refractivity contribution in [2.45, 2.75) is 25.2 Å². The lowest BCUT2D eigenvalue weighted by Crippen LogP contribution is -2.39. The second-order valence-corrected chi connectivity index (χ2v) is 7.92. The van der Waals surface area contributed by atoms with Gasteiger partial charge in [0.15, 0.2) is 0 Å². The summed E-state index contributed by atoms with van der Waals surface area (Å²) < 4.78 is 31.5. The summed E-state index contributed by atoms with van der Waals surface area (Å²) in [5.41, 5.74) is 1.80. The maximum atomic E-state index is 12.6. The first-order valence-electron chi connectivity index (χ1n) is 8.14. The van der Waals surface area contributed by atoms with Gasteiger partial charge in [-0.25, -0.2) is 8.42 Å². The number of carbonyl (C=O) groups excluding carboxylic acids is 1. The van der Waals surface area contributed by atoms with E-state index in [4.69, 9.17) is 4.74 Å². The lowest BCUT2D eigenvalue weighted by Gasteiger charge is -2.17. The molecule has 1 aromatic heterocycles. The Bertz CT molecular complexity index is 857. The molecule has 26 heavy (non-hydrogen) atoms. The molecule has 2 rings (SSSR count). The predicted molar refractivity (Wildman–Crippen MR) is 97.6 cm³/mol. The summed E-state index contributed by atoms with van der Waals surface area (Å²) in [5, 5.41) is 9.28. The molecule has 0 bridgehead atoms. The number of nitrogens with zero attached hydrogens (tertiary/aromatic N) is 2. The first-order valence-corrected chi connectivity index (χ1v) is 9.58. The summed E-state index contributed by atoms with van der Waals surface area (Å²) >= 11 is 0. The first-order chi connectivity index (χ1) is 12.3. The molecule has 2 N–H and O–H groups in total. The van der Waals surface area contributed by atoms with Crippen LogP contribution < -0.4 is 10.1 Å². The average molecular weight is 380 g/mol. The molecule has 0 unspecified atom stereocenters. The van der Waals surface area contributed by atoms with Gasteiger partial charge in [0.1, 0.15) is 10.6 Å². The lowest BCUT2D eigenvalue weighted by atomic mass is 10.1. The first kappa shape index (κ1) is 19.9. The van der Waals surface area contributed by atoms with E-state index in [0.717, 1.165) is 15.6 Å². The number of hydrogen-bond donors (Lipinski definition) is 2. The Morgan fingerprint density at radius 1 is 1.31 bits per heavy atom. The minimum Gasteiger partial charge on any atom is -0.496 e. The van der Waals surface area contributed by atoms with Gasteiger partial charge in [0.05, 0.1) is 25.0 Å². The molecule has 0 spiro atoms. The van der Waals surface area contributed by atoms with Gasteiger partial charge >= 0.3 is 0 Å². The number of benzene rings is 1. The van der Waals surface area contributed by atoms with Crippen LogP contribution in [0.3, 0.4) is 0 Å². The standard InChI is InChI=1S/C17H24N4O4S/c1-12-17(13(2)20-19-12)26(23,24)21(3)11-16(22)18-10-9-14-7-5-6-8-15(14)25-4/h5-8H,9-11H2,1-4H3,(H,18,22)(H,19,20). The molecule has 0 aliphatic heterocycles. The molecule has 2 aromatic rings. The molecule has 9 heteroatoms. The highest BCUT2D eigenvalue weighted by atomic mass is 32.2. The van der Waals surface area contributed by atoms with Crippen molar-refractivity contribution in [3.8, 4) is 5.75 Å². The molecule has 0 aliphatic rings. The summed E-state index contributed by atoms with van der Waals surface area (Å²) in [5.74, 6) is 0.386. The predicted octanol–water partition coefficient (Wildman–Crippen LogP) is 1.01. The van der Waals surface area contributed by atoms with Gasteiger partial charge in [0.2, 0.25) is 15.9 Å². The van der Waals surface area contributed by atoms with Crippen molar-refractivity contribution in [1.82, 2.24) is 19.8 Å². The zero-order valence-electron chi connectivity index (χ0n) is 15.4. The Balaban J connectivity index is 1.93. The van der Waals surface area contributed by atoms with Crippen molar-refractivity contribution in [3.63, 3.8) is 0 Å². The second-order valence-electron chi connectivity index (χ2n) is 5.94. The Labute approximate surface area is 153 Å². The maximum absolute atomic E-state index is 12.6. The lowest BCUT2D eigenvalue weighted by molar-refractivity contribution is -0.121.